The Bertz CT molecular complexity index is 286. The number of esters is 2. The molecule has 0 aliphatic rings. The number of hydrogen-bond donors (Lipinski definition) is 0. The number of carbonyl (C=O) groups is 2. The van der Waals surface area contributed by atoms with Gasteiger partial charge in [0.2, 0.25) is 0 Å². The fourth-order valence-electron chi connectivity index (χ4n) is 2.02. The second kappa shape index (κ2) is 7.39. The van der Waals surface area contributed by atoms with E-state index in [9.17, 15) is 9.59 Å². The molecule has 0 bridgehead atoms. The minimum absolute atomic E-state index is 0.202. The van der Waals surface area contributed by atoms with Gasteiger partial charge in [0.25, 0.3) is 0 Å². The van der Waals surface area contributed by atoms with E-state index in [0.29, 0.717) is 18.8 Å². The number of carbonyl (C=O) groups excluding carboxylic acids is 2. The van der Waals surface area contributed by atoms with Crippen LogP contribution in [-0.4, -0.2) is 23.6 Å². The van der Waals surface area contributed by atoms with Gasteiger partial charge in [-0.25, -0.2) is 0 Å². The molecule has 0 aromatic rings. The van der Waals surface area contributed by atoms with E-state index < -0.39 is 5.60 Å². The van der Waals surface area contributed by atoms with Gasteiger partial charge in [-0.05, 0) is 25.7 Å². The zero-order valence-electron chi connectivity index (χ0n) is 12.4. The minimum atomic E-state index is -0.569. The molecule has 0 saturated heterocycles. The Labute approximate surface area is 110 Å². The van der Waals surface area contributed by atoms with Crippen molar-refractivity contribution in [2.75, 3.05) is 0 Å². The fraction of sp³-hybridized carbons (Fsp3) is 0.857. The van der Waals surface area contributed by atoms with Crippen LogP contribution < -0.4 is 0 Å². The van der Waals surface area contributed by atoms with Gasteiger partial charge in [0.15, 0.2) is 0 Å². The van der Waals surface area contributed by atoms with E-state index in [1.807, 2.05) is 13.8 Å². The molecule has 0 rings (SSSR count). The van der Waals surface area contributed by atoms with E-state index in [1.165, 1.54) is 13.8 Å². The van der Waals surface area contributed by atoms with Gasteiger partial charge >= 0.3 is 11.9 Å². The van der Waals surface area contributed by atoms with Gasteiger partial charge < -0.3 is 9.47 Å². The average Bonchev–Trinajstić information content (AvgIpc) is 2.13. The first-order chi connectivity index (χ1) is 8.18. The van der Waals surface area contributed by atoms with Crippen molar-refractivity contribution in [2.24, 2.45) is 5.92 Å². The molecule has 4 nitrogen and oxygen atoms in total. The number of rotatable bonds is 7. The second-order valence-electron chi connectivity index (χ2n) is 5.46. The van der Waals surface area contributed by atoms with Crippen LogP contribution in [-0.2, 0) is 19.1 Å². The molecular formula is C14H26O4. The molecule has 0 aliphatic heterocycles. The molecule has 0 spiro atoms. The third-order valence-corrected chi connectivity index (χ3v) is 2.86. The average molecular weight is 258 g/mol. The zero-order valence-corrected chi connectivity index (χ0v) is 12.4. The lowest BCUT2D eigenvalue weighted by atomic mass is 9.91. The van der Waals surface area contributed by atoms with Crippen molar-refractivity contribution in [3.63, 3.8) is 0 Å². The number of hydrogen-bond acceptors (Lipinski definition) is 4. The molecule has 0 radical (unpaired) electrons. The largest absolute Gasteiger partial charge is 0.462 e. The van der Waals surface area contributed by atoms with Crippen LogP contribution in [0.4, 0.5) is 0 Å². The summed E-state index contributed by atoms with van der Waals surface area (Å²) in [5.74, 6) is -0.166. The molecule has 0 aliphatic carbocycles. The fourth-order valence-corrected chi connectivity index (χ4v) is 2.02. The molecule has 0 aromatic heterocycles. The summed E-state index contributed by atoms with van der Waals surface area (Å²) in [6.07, 6.45) is 1.81. The van der Waals surface area contributed by atoms with E-state index in [-0.39, 0.29) is 18.0 Å². The third kappa shape index (κ3) is 7.30. The topological polar surface area (TPSA) is 52.6 Å². The second-order valence-corrected chi connectivity index (χ2v) is 5.46. The molecule has 18 heavy (non-hydrogen) atoms. The van der Waals surface area contributed by atoms with Crippen molar-refractivity contribution < 1.29 is 19.1 Å². The van der Waals surface area contributed by atoms with Crippen molar-refractivity contribution in [1.29, 1.82) is 0 Å². The van der Waals surface area contributed by atoms with E-state index in [1.54, 1.807) is 0 Å². The first-order valence-electron chi connectivity index (χ1n) is 6.55. The van der Waals surface area contributed by atoms with E-state index in [0.717, 1.165) is 6.42 Å². The summed E-state index contributed by atoms with van der Waals surface area (Å²) in [6, 6.07) is 0. The van der Waals surface area contributed by atoms with Crippen LogP contribution in [0.3, 0.4) is 0 Å². The standard InChI is InChI=1S/C14H26O4/c1-7-14(6,18-12(5)16)9-13(8-10(2)3)17-11(4)15/h10,13H,7-9H2,1-6H3. The quantitative estimate of drug-likeness (QED) is 0.658. The van der Waals surface area contributed by atoms with Crippen LogP contribution in [0.25, 0.3) is 0 Å². The predicted molar refractivity (Wildman–Crippen MR) is 70.1 cm³/mol. The molecule has 106 valence electrons. The Balaban J connectivity index is 4.68. The van der Waals surface area contributed by atoms with Crippen molar-refractivity contribution in [3.05, 3.63) is 0 Å². The SMILES string of the molecule is CCC(C)(CC(CC(C)C)OC(C)=O)OC(C)=O. The Kier molecular flexibility index (Phi) is 6.96. The summed E-state index contributed by atoms with van der Waals surface area (Å²) in [5.41, 5.74) is -0.569. The lowest BCUT2D eigenvalue weighted by Gasteiger charge is -2.32. The van der Waals surface area contributed by atoms with Gasteiger partial charge in [0.1, 0.15) is 11.7 Å². The lowest BCUT2D eigenvalue weighted by molar-refractivity contribution is -0.163. The molecule has 0 fully saturated rings. The first kappa shape index (κ1) is 16.9. The van der Waals surface area contributed by atoms with Crippen LogP contribution in [0.15, 0.2) is 0 Å². The highest BCUT2D eigenvalue weighted by molar-refractivity contribution is 5.67. The minimum Gasteiger partial charge on any atom is -0.462 e. The monoisotopic (exact) mass is 258 g/mol. The Morgan fingerprint density at radius 3 is 2.06 bits per heavy atom. The third-order valence-electron chi connectivity index (χ3n) is 2.86. The first-order valence-corrected chi connectivity index (χ1v) is 6.55. The molecule has 0 aromatic carbocycles. The van der Waals surface area contributed by atoms with Gasteiger partial charge in [0, 0.05) is 20.3 Å². The maximum atomic E-state index is 11.1. The van der Waals surface area contributed by atoms with Gasteiger partial charge in [-0.3, -0.25) is 9.59 Å². The maximum Gasteiger partial charge on any atom is 0.303 e. The predicted octanol–water partition coefficient (Wildman–Crippen LogP) is 3.09. The van der Waals surface area contributed by atoms with Crippen LogP contribution in [0.5, 0.6) is 0 Å². The number of ether oxygens (including phenoxy) is 2. The smallest absolute Gasteiger partial charge is 0.303 e. The lowest BCUT2D eigenvalue weighted by Crippen LogP contribution is -2.36. The van der Waals surface area contributed by atoms with E-state index >= 15 is 0 Å². The summed E-state index contributed by atoms with van der Waals surface area (Å²) in [7, 11) is 0. The Morgan fingerprint density at radius 2 is 1.72 bits per heavy atom. The normalized spacial score (nSPS) is 15.9. The highest BCUT2D eigenvalue weighted by Crippen LogP contribution is 2.26. The van der Waals surface area contributed by atoms with Gasteiger partial charge in [-0.15, -0.1) is 0 Å². The van der Waals surface area contributed by atoms with Crippen LogP contribution in [0.2, 0.25) is 0 Å². The molecule has 2 atom stereocenters. The van der Waals surface area contributed by atoms with Crippen molar-refractivity contribution in [1.82, 2.24) is 0 Å². The molecule has 0 N–H and O–H groups in total. The summed E-state index contributed by atoms with van der Waals surface area (Å²) in [6.45, 7) is 10.8. The summed E-state index contributed by atoms with van der Waals surface area (Å²) >= 11 is 0. The molecule has 0 saturated carbocycles. The van der Waals surface area contributed by atoms with Crippen molar-refractivity contribution >= 4 is 11.9 Å². The molecular weight excluding hydrogens is 232 g/mol. The summed E-state index contributed by atoms with van der Waals surface area (Å²) in [5, 5.41) is 0. The van der Waals surface area contributed by atoms with Crippen LogP contribution in [0, 0.1) is 5.92 Å². The molecule has 2 unspecified atom stereocenters. The maximum absolute atomic E-state index is 11.1. The van der Waals surface area contributed by atoms with E-state index in [4.69, 9.17) is 9.47 Å². The molecule has 0 amide bonds. The molecule has 4 heteroatoms. The van der Waals surface area contributed by atoms with Crippen molar-refractivity contribution in [3.8, 4) is 0 Å². The van der Waals surface area contributed by atoms with Gasteiger partial charge in [-0.1, -0.05) is 20.8 Å². The van der Waals surface area contributed by atoms with Gasteiger partial charge in [-0.2, -0.15) is 0 Å². The van der Waals surface area contributed by atoms with Crippen LogP contribution >= 0.6 is 0 Å². The molecule has 0 heterocycles. The van der Waals surface area contributed by atoms with Gasteiger partial charge in [0.05, 0.1) is 0 Å². The highest BCUT2D eigenvalue weighted by Gasteiger charge is 2.31. The Hall–Kier alpha value is -1.06. The highest BCUT2D eigenvalue weighted by atomic mass is 16.6. The summed E-state index contributed by atoms with van der Waals surface area (Å²) in [4.78, 5) is 22.2. The summed E-state index contributed by atoms with van der Waals surface area (Å²) < 4.78 is 10.7. The van der Waals surface area contributed by atoms with Crippen LogP contribution in [0.1, 0.15) is 60.8 Å². The Morgan fingerprint density at radius 1 is 1.17 bits per heavy atom. The zero-order chi connectivity index (χ0) is 14.3. The van der Waals surface area contributed by atoms with Crippen molar-refractivity contribution in [2.45, 2.75) is 72.5 Å². The van der Waals surface area contributed by atoms with E-state index in [2.05, 4.69) is 13.8 Å².